The molecule has 0 aliphatic carbocycles. The van der Waals surface area contributed by atoms with Crippen molar-refractivity contribution in [3.8, 4) is 5.75 Å². The van der Waals surface area contributed by atoms with Crippen LogP contribution >= 0.6 is 0 Å². The first-order chi connectivity index (χ1) is 17.5. The maximum absolute atomic E-state index is 12.8. The van der Waals surface area contributed by atoms with Gasteiger partial charge in [-0.25, -0.2) is 0 Å². The second-order valence-corrected chi connectivity index (χ2v) is 11.6. The molecule has 2 atom stereocenters. The molecule has 9 heteroatoms. The summed E-state index contributed by atoms with van der Waals surface area (Å²) in [5.74, 6) is 0.447. The minimum atomic E-state index is -0.771. The van der Waals surface area contributed by atoms with E-state index < -0.39 is 16.7 Å². The third-order valence-electron chi connectivity index (χ3n) is 7.45. The maximum Gasteiger partial charge on any atom is 0.225 e. The Hall–Kier alpha value is -2.36. The van der Waals surface area contributed by atoms with Crippen LogP contribution in [0.25, 0.3) is 0 Å². The summed E-state index contributed by atoms with van der Waals surface area (Å²) in [5.41, 5.74) is 6.37. The first kappa shape index (κ1) is 29.2. The van der Waals surface area contributed by atoms with Gasteiger partial charge in [-0.15, -0.1) is 0 Å². The summed E-state index contributed by atoms with van der Waals surface area (Å²) in [6.45, 7) is 12.2. The van der Waals surface area contributed by atoms with Crippen molar-refractivity contribution in [3.05, 3.63) is 23.8 Å². The number of methoxy groups -OCH3 is 1. The van der Waals surface area contributed by atoms with E-state index in [-0.39, 0.29) is 24.6 Å². The van der Waals surface area contributed by atoms with E-state index in [2.05, 4.69) is 27.7 Å². The molecule has 2 heterocycles. The van der Waals surface area contributed by atoms with E-state index in [1.54, 1.807) is 21.0 Å². The van der Waals surface area contributed by atoms with E-state index in [4.69, 9.17) is 19.9 Å². The Morgan fingerprint density at radius 3 is 2.68 bits per heavy atom. The lowest BCUT2D eigenvalue weighted by Crippen LogP contribution is -2.49. The number of anilines is 1. The number of hydrogen-bond donors (Lipinski definition) is 3. The van der Waals surface area contributed by atoms with E-state index >= 15 is 0 Å². The standard InChI is InChI=1S/C28H46N4O5/c1-27(2,26(34)31-19-28(3,4)25(29)33)16-21-8-9-22(17-30-21)37-18-20-7-10-24-23(15-20)32(12-14-36-24)11-6-13-35-5/h7,10,15,21-22,30H,6,8-9,11-14,16-19H2,1-5H3,(H2,29,33)(H,31,34)/t21-,22+/m0/s1. The lowest BCUT2D eigenvalue weighted by Gasteiger charge is -2.35. The highest BCUT2D eigenvalue weighted by molar-refractivity contribution is 5.84. The summed E-state index contributed by atoms with van der Waals surface area (Å²) in [4.78, 5) is 26.7. The first-order valence-corrected chi connectivity index (χ1v) is 13.4. The minimum Gasteiger partial charge on any atom is -0.490 e. The van der Waals surface area contributed by atoms with Crippen LogP contribution in [-0.4, -0.2) is 70.5 Å². The van der Waals surface area contributed by atoms with E-state index in [9.17, 15) is 9.59 Å². The number of carbonyl (C=O) groups excluding carboxylic acids is 2. The molecule has 1 fully saturated rings. The lowest BCUT2D eigenvalue weighted by molar-refractivity contribution is -0.132. The molecule has 0 spiro atoms. The molecule has 2 aliphatic heterocycles. The highest BCUT2D eigenvalue weighted by Crippen LogP contribution is 2.33. The van der Waals surface area contributed by atoms with Crippen molar-refractivity contribution in [1.82, 2.24) is 10.6 Å². The fraction of sp³-hybridized carbons (Fsp3) is 0.714. The quantitative estimate of drug-likeness (QED) is 0.344. The number of ether oxygens (including phenoxy) is 3. The van der Waals surface area contributed by atoms with Gasteiger partial charge in [0.05, 0.1) is 30.4 Å². The molecule has 37 heavy (non-hydrogen) atoms. The van der Waals surface area contributed by atoms with Gasteiger partial charge in [0, 0.05) is 44.8 Å². The van der Waals surface area contributed by atoms with Gasteiger partial charge in [-0.2, -0.15) is 0 Å². The van der Waals surface area contributed by atoms with Crippen LogP contribution in [0.4, 0.5) is 5.69 Å². The molecule has 3 rings (SSSR count). The number of fused-ring (bicyclic) bond motifs is 1. The van der Waals surface area contributed by atoms with Gasteiger partial charge >= 0.3 is 0 Å². The summed E-state index contributed by atoms with van der Waals surface area (Å²) in [6, 6.07) is 6.55. The van der Waals surface area contributed by atoms with E-state index in [1.165, 1.54) is 0 Å². The third kappa shape index (κ3) is 8.32. The van der Waals surface area contributed by atoms with Gasteiger partial charge in [-0.1, -0.05) is 19.9 Å². The fourth-order valence-electron chi connectivity index (χ4n) is 4.80. The molecule has 0 unspecified atom stereocenters. The zero-order chi connectivity index (χ0) is 27.1. The summed E-state index contributed by atoms with van der Waals surface area (Å²) >= 11 is 0. The normalized spacial score (nSPS) is 20.2. The average molecular weight is 519 g/mol. The molecule has 0 bridgehead atoms. The number of primary amides is 1. The maximum atomic E-state index is 12.8. The molecule has 0 aromatic heterocycles. The highest BCUT2D eigenvalue weighted by atomic mass is 16.5. The summed E-state index contributed by atoms with van der Waals surface area (Å²) in [6.07, 6.45) is 3.72. The SMILES string of the molecule is COCCCN1CCOc2ccc(CO[C@@H]3CC[C@@H](CC(C)(C)C(=O)NCC(C)(C)C(N)=O)NC3)cc21. The smallest absolute Gasteiger partial charge is 0.225 e. The Morgan fingerprint density at radius 1 is 1.22 bits per heavy atom. The number of piperidine rings is 1. The van der Waals surface area contributed by atoms with Crippen LogP contribution in [0.5, 0.6) is 5.75 Å². The van der Waals surface area contributed by atoms with Crippen LogP contribution in [0.15, 0.2) is 18.2 Å². The summed E-state index contributed by atoms with van der Waals surface area (Å²) in [5, 5.41) is 6.48. The number of carbonyl (C=O) groups is 2. The largest absolute Gasteiger partial charge is 0.490 e. The predicted octanol–water partition coefficient (Wildman–Crippen LogP) is 2.60. The molecule has 1 aromatic rings. The van der Waals surface area contributed by atoms with Crippen LogP contribution in [0.2, 0.25) is 0 Å². The molecule has 2 aliphatic rings. The van der Waals surface area contributed by atoms with Crippen molar-refractivity contribution < 1.29 is 23.8 Å². The highest BCUT2D eigenvalue weighted by Gasteiger charge is 2.34. The topological polar surface area (TPSA) is 115 Å². The molecule has 2 amide bonds. The summed E-state index contributed by atoms with van der Waals surface area (Å²) < 4.78 is 17.3. The second kappa shape index (κ2) is 12.9. The first-order valence-electron chi connectivity index (χ1n) is 13.4. The fourth-order valence-corrected chi connectivity index (χ4v) is 4.80. The lowest BCUT2D eigenvalue weighted by atomic mass is 9.81. The van der Waals surface area contributed by atoms with Gasteiger partial charge in [0.1, 0.15) is 12.4 Å². The monoisotopic (exact) mass is 518 g/mol. The van der Waals surface area contributed by atoms with Gasteiger partial charge < -0.3 is 35.5 Å². The van der Waals surface area contributed by atoms with Crippen molar-refractivity contribution in [1.29, 1.82) is 0 Å². The number of amides is 2. The Bertz CT molecular complexity index is 912. The van der Waals surface area contributed by atoms with E-state index in [0.717, 1.165) is 62.5 Å². The number of nitrogens with one attached hydrogen (secondary N) is 2. The number of nitrogens with two attached hydrogens (primary N) is 1. The van der Waals surface area contributed by atoms with Crippen LogP contribution in [0.3, 0.4) is 0 Å². The molecule has 9 nitrogen and oxygen atoms in total. The Labute approximate surface area is 221 Å². The van der Waals surface area contributed by atoms with Crippen LogP contribution < -0.4 is 26.0 Å². The van der Waals surface area contributed by atoms with E-state index in [1.807, 2.05) is 19.9 Å². The zero-order valence-corrected chi connectivity index (χ0v) is 23.2. The van der Waals surface area contributed by atoms with Gasteiger partial charge in [0.15, 0.2) is 0 Å². The van der Waals surface area contributed by atoms with Crippen LogP contribution in [-0.2, 0) is 25.7 Å². The molecule has 0 saturated carbocycles. The molecule has 0 radical (unpaired) electrons. The van der Waals surface area contributed by atoms with Gasteiger partial charge in [-0.3, -0.25) is 9.59 Å². The number of nitrogens with zero attached hydrogens (tertiary/aromatic N) is 1. The minimum absolute atomic E-state index is 0.0605. The Morgan fingerprint density at radius 2 is 2.00 bits per heavy atom. The van der Waals surface area contributed by atoms with Crippen molar-refractivity contribution in [3.63, 3.8) is 0 Å². The zero-order valence-electron chi connectivity index (χ0n) is 23.2. The van der Waals surface area contributed by atoms with Crippen molar-refractivity contribution in [2.75, 3.05) is 51.4 Å². The molecule has 208 valence electrons. The number of hydrogen-bond acceptors (Lipinski definition) is 7. The summed E-state index contributed by atoms with van der Waals surface area (Å²) in [7, 11) is 1.73. The number of rotatable bonds is 13. The molecule has 1 saturated heterocycles. The van der Waals surface area contributed by atoms with Gasteiger partial charge in [0.2, 0.25) is 11.8 Å². The average Bonchev–Trinajstić information content (AvgIpc) is 2.86. The second-order valence-electron chi connectivity index (χ2n) is 11.6. The van der Waals surface area contributed by atoms with Crippen LogP contribution in [0, 0.1) is 10.8 Å². The van der Waals surface area contributed by atoms with Crippen molar-refractivity contribution in [2.45, 2.75) is 72.1 Å². The Kier molecular flexibility index (Phi) is 10.2. The molecular weight excluding hydrogens is 472 g/mol. The molecule has 4 N–H and O–H groups in total. The van der Waals surface area contributed by atoms with E-state index in [0.29, 0.717) is 19.6 Å². The van der Waals surface area contributed by atoms with Crippen molar-refractivity contribution in [2.24, 2.45) is 16.6 Å². The Balaban J connectivity index is 1.44. The van der Waals surface area contributed by atoms with Crippen LogP contribution in [0.1, 0.15) is 58.9 Å². The number of benzene rings is 1. The van der Waals surface area contributed by atoms with Crippen molar-refractivity contribution >= 4 is 17.5 Å². The van der Waals surface area contributed by atoms with Gasteiger partial charge in [-0.05, 0) is 57.2 Å². The third-order valence-corrected chi connectivity index (χ3v) is 7.45. The predicted molar refractivity (Wildman–Crippen MR) is 145 cm³/mol. The van der Waals surface area contributed by atoms with Gasteiger partial charge in [0.25, 0.3) is 0 Å². The molecular formula is C28H46N4O5. The molecule has 1 aromatic carbocycles.